The molecule has 2 fully saturated rings. The number of nitrogens with zero attached hydrogens (tertiary/aromatic N) is 1. The van der Waals surface area contributed by atoms with Gasteiger partial charge < -0.3 is 10.2 Å². The molecule has 2 atom stereocenters. The highest BCUT2D eigenvalue weighted by Gasteiger charge is 2.52. The van der Waals surface area contributed by atoms with Crippen molar-refractivity contribution >= 4 is 11.8 Å². The van der Waals surface area contributed by atoms with Gasteiger partial charge in [-0.15, -0.1) is 0 Å². The third-order valence-electron chi connectivity index (χ3n) is 6.44. The summed E-state index contributed by atoms with van der Waals surface area (Å²) in [6, 6.07) is 19.2. The van der Waals surface area contributed by atoms with E-state index in [1.165, 1.54) is 6.42 Å². The predicted molar refractivity (Wildman–Crippen MR) is 109 cm³/mol. The summed E-state index contributed by atoms with van der Waals surface area (Å²) in [7, 11) is 0. The Morgan fingerprint density at radius 3 is 2.18 bits per heavy atom. The third kappa shape index (κ3) is 3.32. The Bertz CT molecular complexity index is 830. The zero-order valence-electron chi connectivity index (χ0n) is 16.4. The van der Waals surface area contributed by atoms with Crippen LogP contribution in [0.5, 0.6) is 0 Å². The molecule has 1 aliphatic heterocycles. The quantitative estimate of drug-likeness (QED) is 0.876. The second kappa shape index (κ2) is 7.78. The molecule has 2 amide bonds. The molecule has 2 aromatic rings. The van der Waals surface area contributed by atoms with E-state index in [-0.39, 0.29) is 17.7 Å². The van der Waals surface area contributed by atoms with E-state index in [1.807, 2.05) is 67.6 Å². The first kappa shape index (κ1) is 18.7. The number of benzene rings is 2. The lowest BCUT2D eigenvalue weighted by Gasteiger charge is -2.48. The van der Waals surface area contributed by atoms with Gasteiger partial charge in [0.2, 0.25) is 5.91 Å². The summed E-state index contributed by atoms with van der Waals surface area (Å²) in [5.41, 5.74) is 0.869. The first-order valence-electron chi connectivity index (χ1n) is 10.3. The Balaban J connectivity index is 1.73. The molecular formula is C24H28N2O2. The molecule has 0 bridgehead atoms. The molecule has 1 heterocycles. The number of carbonyl (C=O) groups is 2. The molecule has 2 aliphatic rings. The van der Waals surface area contributed by atoms with Crippen LogP contribution in [-0.4, -0.2) is 22.8 Å². The van der Waals surface area contributed by atoms with Crippen molar-refractivity contribution in [3.8, 4) is 0 Å². The monoisotopic (exact) mass is 376 g/mol. The molecule has 1 N–H and O–H groups in total. The van der Waals surface area contributed by atoms with Crippen molar-refractivity contribution in [2.45, 2.75) is 57.2 Å². The van der Waals surface area contributed by atoms with Crippen molar-refractivity contribution in [1.29, 1.82) is 0 Å². The minimum Gasteiger partial charge on any atom is -0.342 e. The average Bonchev–Trinajstić information content (AvgIpc) is 2.76. The standard InChI is InChI=1S/C24H28N2O2/c1-24(20-15-9-4-10-16-20)23(28)25-21(19-13-7-3-8-14-19)22(27)26(24)17-18-11-5-2-6-12-18/h2,4-6,9-12,15-16,19,21H,3,7-8,13-14,17H2,1H3,(H,25,28). The van der Waals surface area contributed by atoms with E-state index in [4.69, 9.17) is 0 Å². The van der Waals surface area contributed by atoms with Crippen LogP contribution >= 0.6 is 0 Å². The smallest absolute Gasteiger partial charge is 0.251 e. The van der Waals surface area contributed by atoms with Crippen molar-refractivity contribution in [1.82, 2.24) is 10.2 Å². The Morgan fingerprint density at radius 2 is 1.54 bits per heavy atom. The molecule has 1 saturated heterocycles. The predicted octanol–water partition coefficient (Wildman–Crippen LogP) is 4.01. The number of carbonyl (C=O) groups excluding carboxylic acids is 2. The second-order valence-corrected chi connectivity index (χ2v) is 8.20. The maximum atomic E-state index is 13.7. The number of piperazine rings is 1. The van der Waals surface area contributed by atoms with E-state index < -0.39 is 11.6 Å². The minimum atomic E-state index is -1.01. The van der Waals surface area contributed by atoms with E-state index in [0.717, 1.165) is 36.8 Å². The molecular weight excluding hydrogens is 348 g/mol. The lowest BCUT2D eigenvalue weighted by atomic mass is 9.78. The second-order valence-electron chi connectivity index (χ2n) is 8.20. The SMILES string of the molecule is CC1(c2ccccc2)C(=O)NC(C2CCCCC2)C(=O)N1Cc1ccccc1. The van der Waals surface area contributed by atoms with E-state index in [1.54, 1.807) is 4.90 Å². The van der Waals surface area contributed by atoms with E-state index >= 15 is 0 Å². The first-order chi connectivity index (χ1) is 13.6. The van der Waals surface area contributed by atoms with Gasteiger partial charge in [0.05, 0.1) is 0 Å². The molecule has 4 heteroatoms. The number of hydrogen-bond acceptors (Lipinski definition) is 2. The molecule has 1 saturated carbocycles. The molecule has 28 heavy (non-hydrogen) atoms. The molecule has 2 aromatic carbocycles. The maximum absolute atomic E-state index is 13.7. The van der Waals surface area contributed by atoms with Crippen LogP contribution in [0.25, 0.3) is 0 Å². The number of hydrogen-bond donors (Lipinski definition) is 1. The van der Waals surface area contributed by atoms with Gasteiger partial charge in [0.1, 0.15) is 11.6 Å². The molecule has 4 rings (SSSR count). The van der Waals surface area contributed by atoms with Crippen molar-refractivity contribution in [2.75, 3.05) is 0 Å². The van der Waals surface area contributed by atoms with Crippen molar-refractivity contribution in [3.05, 3.63) is 71.8 Å². The largest absolute Gasteiger partial charge is 0.342 e. The lowest BCUT2D eigenvalue weighted by Crippen LogP contribution is -2.69. The van der Waals surface area contributed by atoms with Crippen LogP contribution in [0.2, 0.25) is 0 Å². The fourth-order valence-corrected chi connectivity index (χ4v) is 4.69. The molecule has 146 valence electrons. The number of rotatable bonds is 4. The van der Waals surface area contributed by atoms with E-state index in [9.17, 15) is 9.59 Å². The Morgan fingerprint density at radius 1 is 0.929 bits per heavy atom. The molecule has 0 aromatic heterocycles. The summed E-state index contributed by atoms with van der Waals surface area (Å²) in [4.78, 5) is 28.9. The number of amides is 2. The molecule has 1 aliphatic carbocycles. The van der Waals surface area contributed by atoms with E-state index in [2.05, 4.69) is 5.32 Å². The van der Waals surface area contributed by atoms with Crippen LogP contribution in [0.4, 0.5) is 0 Å². The highest BCUT2D eigenvalue weighted by atomic mass is 16.2. The fraction of sp³-hybridized carbons (Fsp3) is 0.417. The van der Waals surface area contributed by atoms with Crippen LogP contribution in [0.15, 0.2) is 60.7 Å². The van der Waals surface area contributed by atoms with Gasteiger partial charge in [0, 0.05) is 6.54 Å². The van der Waals surface area contributed by atoms with Gasteiger partial charge >= 0.3 is 0 Å². The molecule has 4 nitrogen and oxygen atoms in total. The summed E-state index contributed by atoms with van der Waals surface area (Å²) in [6.45, 7) is 2.30. The maximum Gasteiger partial charge on any atom is 0.251 e. The summed E-state index contributed by atoms with van der Waals surface area (Å²) < 4.78 is 0. The number of nitrogens with one attached hydrogen (secondary N) is 1. The minimum absolute atomic E-state index is 0.0432. The summed E-state index contributed by atoms with van der Waals surface area (Å²) >= 11 is 0. The third-order valence-corrected chi connectivity index (χ3v) is 6.44. The molecule has 0 radical (unpaired) electrons. The van der Waals surface area contributed by atoms with Crippen LogP contribution in [0, 0.1) is 5.92 Å². The average molecular weight is 377 g/mol. The van der Waals surface area contributed by atoms with Gasteiger partial charge in [0.15, 0.2) is 0 Å². The van der Waals surface area contributed by atoms with Crippen molar-refractivity contribution in [2.24, 2.45) is 5.92 Å². The first-order valence-corrected chi connectivity index (χ1v) is 10.3. The normalized spacial score (nSPS) is 26.2. The Hall–Kier alpha value is -2.62. The zero-order chi connectivity index (χ0) is 19.6. The van der Waals surface area contributed by atoms with Gasteiger partial charge in [-0.2, -0.15) is 0 Å². The topological polar surface area (TPSA) is 49.4 Å². The van der Waals surface area contributed by atoms with Gasteiger partial charge in [0.25, 0.3) is 5.91 Å². The Labute approximate surface area is 166 Å². The highest BCUT2D eigenvalue weighted by molar-refractivity contribution is 6.00. The highest BCUT2D eigenvalue weighted by Crippen LogP contribution is 2.37. The van der Waals surface area contributed by atoms with Gasteiger partial charge in [-0.1, -0.05) is 79.9 Å². The van der Waals surface area contributed by atoms with Crippen LogP contribution < -0.4 is 5.32 Å². The van der Waals surface area contributed by atoms with Crippen molar-refractivity contribution in [3.63, 3.8) is 0 Å². The summed E-state index contributed by atoms with van der Waals surface area (Å²) in [5.74, 6) is 0.204. The van der Waals surface area contributed by atoms with Gasteiger partial charge in [-0.05, 0) is 36.8 Å². The fourth-order valence-electron chi connectivity index (χ4n) is 4.69. The lowest BCUT2D eigenvalue weighted by molar-refractivity contribution is -0.160. The summed E-state index contributed by atoms with van der Waals surface area (Å²) in [5, 5.41) is 3.11. The van der Waals surface area contributed by atoms with Gasteiger partial charge in [-0.3, -0.25) is 9.59 Å². The summed E-state index contributed by atoms with van der Waals surface area (Å²) in [6.07, 6.45) is 5.52. The van der Waals surface area contributed by atoms with Crippen molar-refractivity contribution < 1.29 is 9.59 Å². The van der Waals surface area contributed by atoms with Crippen LogP contribution in [-0.2, 0) is 21.7 Å². The zero-order valence-corrected chi connectivity index (χ0v) is 16.4. The Kier molecular flexibility index (Phi) is 5.21. The van der Waals surface area contributed by atoms with Crippen LogP contribution in [0.1, 0.15) is 50.2 Å². The van der Waals surface area contributed by atoms with Crippen LogP contribution in [0.3, 0.4) is 0 Å². The molecule has 2 unspecified atom stereocenters. The van der Waals surface area contributed by atoms with Gasteiger partial charge in [-0.25, -0.2) is 0 Å². The molecule has 0 spiro atoms. The van der Waals surface area contributed by atoms with E-state index in [0.29, 0.717) is 6.54 Å².